The molecule has 0 aliphatic carbocycles. The first-order chi connectivity index (χ1) is 9.99. The highest BCUT2D eigenvalue weighted by Gasteiger charge is 2.15. The molecule has 1 aromatic carbocycles. The number of amides is 1. The Kier molecular flexibility index (Phi) is 4.49. The second-order valence-electron chi connectivity index (χ2n) is 4.15. The van der Waals surface area contributed by atoms with Gasteiger partial charge in [0.25, 0.3) is 0 Å². The fraction of sp³-hybridized carbons (Fsp3) is 0.0714. The number of nitrogens with zero attached hydrogens (tertiary/aromatic N) is 1. The molecule has 0 saturated heterocycles. The summed E-state index contributed by atoms with van der Waals surface area (Å²) in [6.45, 7) is 0. The molecule has 0 aliphatic rings. The Hall–Kier alpha value is -2.47. The van der Waals surface area contributed by atoms with Gasteiger partial charge in [-0.15, -0.1) is 0 Å². The Morgan fingerprint density at radius 1 is 1.33 bits per heavy atom. The quantitative estimate of drug-likeness (QED) is 0.910. The van der Waals surface area contributed by atoms with Crippen LogP contribution in [0.5, 0.6) is 0 Å². The van der Waals surface area contributed by atoms with Crippen LogP contribution < -0.4 is 5.32 Å². The summed E-state index contributed by atoms with van der Waals surface area (Å²) < 4.78 is 13.6. The fourth-order valence-corrected chi connectivity index (χ4v) is 1.97. The lowest BCUT2D eigenvalue weighted by molar-refractivity contribution is -0.115. The van der Waals surface area contributed by atoms with Gasteiger partial charge in [-0.1, -0.05) is 17.7 Å². The number of halogens is 2. The summed E-state index contributed by atoms with van der Waals surface area (Å²) in [5, 5.41) is 11.5. The first-order valence-electron chi connectivity index (χ1n) is 5.89. The molecular weight excluding hydrogens is 299 g/mol. The molecule has 108 valence electrons. The minimum absolute atomic E-state index is 0.0439. The number of aromatic carboxylic acids is 1. The predicted octanol–water partition coefficient (Wildman–Crippen LogP) is 2.75. The van der Waals surface area contributed by atoms with Crippen molar-refractivity contribution in [1.82, 2.24) is 4.98 Å². The monoisotopic (exact) mass is 308 g/mol. The number of carbonyl (C=O) groups excluding carboxylic acids is 1. The van der Waals surface area contributed by atoms with Gasteiger partial charge in [-0.2, -0.15) is 0 Å². The van der Waals surface area contributed by atoms with E-state index in [1.54, 1.807) is 0 Å². The molecule has 1 aromatic heterocycles. The van der Waals surface area contributed by atoms with Crippen LogP contribution in [0.25, 0.3) is 0 Å². The van der Waals surface area contributed by atoms with Crippen LogP contribution in [0.3, 0.4) is 0 Å². The van der Waals surface area contributed by atoms with E-state index in [1.165, 1.54) is 36.7 Å². The molecule has 0 atom stereocenters. The van der Waals surface area contributed by atoms with Crippen molar-refractivity contribution in [1.29, 1.82) is 0 Å². The molecule has 0 radical (unpaired) electrons. The van der Waals surface area contributed by atoms with Crippen molar-refractivity contribution in [3.05, 3.63) is 58.6 Å². The third-order valence-corrected chi connectivity index (χ3v) is 3.08. The molecule has 0 saturated carbocycles. The van der Waals surface area contributed by atoms with Crippen LogP contribution in [0.1, 0.15) is 15.9 Å². The lowest BCUT2D eigenvalue weighted by atomic mass is 10.1. The highest BCUT2D eigenvalue weighted by atomic mass is 35.5. The zero-order chi connectivity index (χ0) is 15.4. The molecule has 21 heavy (non-hydrogen) atoms. The van der Waals surface area contributed by atoms with E-state index in [9.17, 15) is 14.0 Å². The molecule has 1 amide bonds. The van der Waals surface area contributed by atoms with Gasteiger partial charge < -0.3 is 10.4 Å². The smallest absolute Gasteiger partial charge is 0.337 e. The first kappa shape index (κ1) is 14.9. The van der Waals surface area contributed by atoms with Crippen LogP contribution in [0.4, 0.5) is 10.1 Å². The van der Waals surface area contributed by atoms with E-state index in [0.717, 1.165) is 0 Å². The summed E-state index contributed by atoms with van der Waals surface area (Å²) >= 11 is 5.83. The van der Waals surface area contributed by atoms with Crippen LogP contribution in [0.2, 0.25) is 5.02 Å². The largest absolute Gasteiger partial charge is 0.478 e. The van der Waals surface area contributed by atoms with E-state index in [4.69, 9.17) is 16.7 Å². The first-order valence-corrected chi connectivity index (χ1v) is 6.27. The van der Waals surface area contributed by atoms with E-state index < -0.39 is 17.7 Å². The summed E-state index contributed by atoms with van der Waals surface area (Å²) in [4.78, 5) is 26.7. The maximum Gasteiger partial charge on any atom is 0.337 e. The Bertz CT molecular complexity index is 686. The molecule has 5 nitrogen and oxygen atoms in total. The van der Waals surface area contributed by atoms with Crippen LogP contribution >= 0.6 is 11.6 Å². The summed E-state index contributed by atoms with van der Waals surface area (Å²) in [5.41, 5.74) is -0.00197. The van der Waals surface area contributed by atoms with Crippen molar-refractivity contribution in [2.75, 3.05) is 5.32 Å². The van der Waals surface area contributed by atoms with Crippen molar-refractivity contribution in [2.24, 2.45) is 0 Å². The third kappa shape index (κ3) is 3.55. The van der Waals surface area contributed by atoms with Crippen LogP contribution in [0.15, 0.2) is 36.7 Å². The van der Waals surface area contributed by atoms with E-state index >= 15 is 0 Å². The van der Waals surface area contributed by atoms with Gasteiger partial charge in [0, 0.05) is 16.8 Å². The summed E-state index contributed by atoms with van der Waals surface area (Å²) in [5.74, 6) is -2.38. The van der Waals surface area contributed by atoms with Gasteiger partial charge in [0.15, 0.2) is 0 Å². The number of carboxylic acids is 1. The van der Waals surface area contributed by atoms with Crippen molar-refractivity contribution < 1.29 is 19.1 Å². The average Bonchev–Trinajstić information content (AvgIpc) is 2.43. The minimum Gasteiger partial charge on any atom is -0.478 e. The van der Waals surface area contributed by atoms with Gasteiger partial charge in [-0.3, -0.25) is 9.78 Å². The highest BCUT2D eigenvalue weighted by Crippen LogP contribution is 2.20. The van der Waals surface area contributed by atoms with E-state index in [-0.39, 0.29) is 28.3 Å². The molecule has 2 N–H and O–H groups in total. The number of hydrogen-bond acceptors (Lipinski definition) is 3. The van der Waals surface area contributed by atoms with Crippen molar-refractivity contribution in [3.8, 4) is 0 Å². The number of anilines is 1. The summed E-state index contributed by atoms with van der Waals surface area (Å²) in [7, 11) is 0. The van der Waals surface area contributed by atoms with E-state index in [1.807, 2.05) is 0 Å². The molecule has 0 fully saturated rings. The van der Waals surface area contributed by atoms with Crippen molar-refractivity contribution in [2.45, 2.75) is 6.42 Å². The number of rotatable bonds is 4. The highest BCUT2D eigenvalue weighted by molar-refractivity contribution is 6.31. The van der Waals surface area contributed by atoms with Gasteiger partial charge in [0.2, 0.25) is 5.91 Å². The maximum atomic E-state index is 13.6. The molecule has 1 heterocycles. The predicted molar refractivity (Wildman–Crippen MR) is 74.9 cm³/mol. The van der Waals surface area contributed by atoms with Gasteiger partial charge in [-0.05, 0) is 18.2 Å². The molecule has 7 heteroatoms. The minimum atomic E-state index is -1.20. The molecule has 2 rings (SSSR count). The molecule has 0 spiro atoms. The Morgan fingerprint density at radius 2 is 2.10 bits per heavy atom. The van der Waals surface area contributed by atoms with Crippen molar-refractivity contribution in [3.63, 3.8) is 0 Å². The molecule has 2 aromatic rings. The lowest BCUT2D eigenvalue weighted by Gasteiger charge is -2.09. The van der Waals surface area contributed by atoms with E-state index in [2.05, 4.69) is 10.3 Å². The Morgan fingerprint density at radius 3 is 2.76 bits per heavy atom. The molecule has 0 unspecified atom stereocenters. The number of nitrogens with one attached hydrogen (secondary N) is 1. The number of hydrogen-bond donors (Lipinski definition) is 2. The van der Waals surface area contributed by atoms with Crippen LogP contribution in [0, 0.1) is 5.82 Å². The Labute approximate surface area is 124 Å². The number of aromatic nitrogens is 1. The average molecular weight is 309 g/mol. The molecule has 0 bridgehead atoms. The second kappa shape index (κ2) is 6.32. The molecular formula is C14H10ClFN2O3. The SMILES string of the molecule is O=C(Cc1c(F)cccc1Cl)Nc1cnccc1C(=O)O. The second-order valence-corrected chi connectivity index (χ2v) is 4.56. The van der Waals surface area contributed by atoms with Gasteiger partial charge in [0.1, 0.15) is 5.82 Å². The number of carboxylic acid groups (broad SMARTS) is 1. The summed E-state index contributed by atoms with van der Waals surface area (Å²) in [6, 6.07) is 5.36. The topological polar surface area (TPSA) is 79.3 Å². The Balaban J connectivity index is 2.18. The van der Waals surface area contributed by atoms with Crippen molar-refractivity contribution >= 4 is 29.2 Å². The van der Waals surface area contributed by atoms with Crippen LogP contribution in [-0.4, -0.2) is 22.0 Å². The number of carbonyl (C=O) groups is 2. The van der Waals surface area contributed by atoms with Gasteiger partial charge >= 0.3 is 5.97 Å². The number of pyridine rings is 1. The zero-order valence-electron chi connectivity index (χ0n) is 10.6. The van der Waals surface area contributed by atoms with Crippen LogP contribution in [-0.2, 0) is 11.2 Å². The zero-order valence-corrected chi connectivity index (χ0v) is 11.4. The van der Waals surface area contributed by atoms with Gasteiger partial charge in [0.05, 0.1) is 23.9 Å². The third-order valence-electron chi connectivity index (χ3n) is 2.72. The number of benzene rings is 1. The fourth-order valence-electron chi connectivity index (χ4n) is 1.74. The standard InChI is InChI=1S/C14H10ClFN2O3/c15-10-2-1-3-11(16)9(10)6-13(19)18-12-7-17-5-4-8(12)14(20)21/h1-5,7H,6H2,(H,18,19)(H,20,21). The summed E-state index contributed by atoms with van der Waals surface area (Å²) in [6.07, 6.45) is 2.20. The van der Waals surface area contributed by atoms with E-state index in [0.29, 0.717) is 0 Å². The van der Waals surface area contributed by atoms with Gasteiger partial charge in [-0.25, -0.2) is 9.18 Å². The molecule has 0 aliphatic heterocycles. The maximum absolute atomic E-state index is 13.6. The lowest BCUT2D eigenvalue weighted by Crippen LogP contribution is -2.17. The normalized spacial score (nSPS) is 10.2.